The first kappa shape index (κ1) is 16.3. The molecule has 0 spiro atoms. The molecule has 0 saturated carbocycles. The van der Waals surface area contributed by atoms with Gasteiger partial charge in [-0.25, -0.2) is 9.59 Å². The topological polar surface area (TPSA) is 78.4 Å². The molecule has 1 aromatic carbocycles. The predicted octanol–water partition coefficient (Wildman–Crippen LogP) is 2.70. The number of aliphatic carboxylic acids is 1. The Morgan fingerprint density at radius 2 is 2.10 bits per heavy atom. The van der Waals surface area contributed by atoms with Gasteiger partial charge in [-0.15, -0.1) is 0 Å². The number of amides is 2. The summed E-state index contributed by atoms with van der Waals surface area (Å²) in [4.78, 5) is 22.6. The van der Waals surface area contributed by atoms with Crippen molar-refractivity contribution in [3.8, 4) is 0 Å². The van der Waals surface area contributed by atoms with E-state index >= 15 is 0 Å². The summed E-state index contributed by atoms with van der Waals surface area (Å²) in [5, 5.41) is 14.6. The molecule has 2 amide bonds. The summed E-state index contributed by atoms with van der Waals surface area (Å²) in [5.74, 6) is -1.03. The normalized spacial score (nSPS) is 11.8. The monoisotopic (exact) mass is 298 g/mol. The molecular weight excluding hydrogens is 280 g/mol. The van der Waals surface area contributed by atoms with E-state index in [1.165, 1.54) is 0 Å². The summed E-state index contributed by atoms with van der Waals surface area (Å²) in [6.07, 6.45) is 1.08. The molecule has 1 unspecified atom stereocenters. The van der Waals surface area contributed by atoms with Gasteiger partial charge in [0.2, 0.25) is 0 Å². The Morgan fingerprint density at radius 1 is 1.40 bits per heavy atom. The number of carboxylic acids is 1. The van der Waals surface area contributed by atoms with E-state index in [-0.39, 0.29) is 6.54 Å². The predicted molar refractivity (Wildman–Crippen MR) is 77.9 cm³/mol. The molecule has 0 aliphatic carbocycles. The Morgan fingerprint density at radius 3 is 2.65 bits per heavy atom. The molecule has 0 bridgehead atoms. The molecule has 0 aliphatic heterocycles. The third-order valence-corrected chi connectivity index (χ3v) is 3.18. The van der Waals surface area contributed by atoms with Gasteiger partial charge in [-0.1, -0.05) is 37.1 Å². The minimum Gasteiger partial charge on any atom is -0.480 e. The number of carbonyl (C=O) groups is 2. The van der Waals surface area contributed by atoms with Gasteiger partial charge in [-0.3, -0.25) is 0 Å². The molecular formula is C14H19ClN2O3. The number of hydrogen-bond acceptors (Lipinski definition) is 2. The first-order valence-electron chi connectivity index (χ1n) is 6.46. The quantitative estimate of drug-likeness (QED) is 0.755. The number of nitrogens with one attached hydrogen (secondary N) is 2. The molecule has 0 aromatic heterocycles. The fourth-order valence-corrected chi connectivity index (χ4v) is 2.03. The summed E-state index contributed by atoms with van der Waals surface area (Å²) in [5.41, 5.74) is 1.83. The maximum absolute atomic E-state index is 11.7. The minimum absolute atomic E-state index is 0.253. The maximum atomic E-state index is 11.7. The van der Waals surface area contributed by atoms with Gasteiger partial charge in [-0.05, 0) is 30.5 Å². The van der Waals surface area contributed by atoms with E-state index in [4.69, 9.17) is 16.7 Å². The molecule has 110 valence electrons. The van der Waals surface area contributed by atoms with E-state index in [0.717, 1.165) is 11.1 Å². The zero-order valence-corrected chi connectivity index (χ0v) is 12.3. The highest BCUT2D eigenvalue weighted by Gasteiger charge is 2.18. The van der Waals surface area contributed by atoms with Crippen molar-refractivity contribution in [1.29, 1.82) is 0 Å². The van der Waals surface area contributed by atoms with Gasteiger partial charge in [0, 0.05) is 11.6 Å². The lowest BCUT2D eigenvalue weighted by Gasteiger charge is -2.14. The fourth-order valence-electron chi connectivity index (χ4n) is 1.73. The first-order chi connectivity index (χ1) is 9.43. The fraction of sp³-hybridized carbons (Fsp3) is 0.429. The second kappa shape index (κ2) is 7.75. The SMILES string of the molecule is CCCC(NC(=O)NCc1ccc(C)cc1Cl)C(=O)O. The molecule has 0 aliphatic rings. The Kier molecular flexibility index (Phi) is 6.31. The number of rotatable bonds is 6. The van der Waals surface area contributed by atoms with Crippen LogP contribution in [0.15, 0.2) is 18.2 Å². The van der Waals surface area contributed by atoms with Crippen molar-refractivity contribution in [2.24, 2.45) is 0 Å². The van der Waals surface area contributed by atoms with Gasteiger partial charge in [0.25, 0.3) is 0 Å². The average molecular weight is 299 g/mol. The van der Waals surface area contributed by atoms with E-state index in [1.807, 2.05) is 32.0 Å². The Hall–Kier alpha value is -1.75. The molecule has 1 rings (SSSR count). The summed E-state index contributed by atoms with van der Waals surface area (Å²) < 4.78 is 0. The van der Waals surface area contributed by atoms with Crippen molar-refractivity contribution in [3.05, 3.63) is 34.3 Å². The molecule has 5 nitrogen and oxygen atoms in total. The number of aryl methyl sites for hydroxylation is 1. The molecule has 0 radical (unpaired) electrons. The van der Waals surface area contributed by atoms with Crippen LogP contribution in [0.3, 0.4) is 0 Å². The van der Waals surface area contributed by atoms with Crippen LogP contribution in [0.25, 0.3) is 0 Å². The van der Waals surface area contributed by atoms with Crippen molar-refractivity contribution in [3.63, 3.8) is 0 Å². The summed E-state index contributed by atoms with van der Waals surface area (Å²) in [7, 11) is 0. The molecule has 1 atom stereocenters. The third kappa shape index (κ3) is 5.09. The lowest BCUT2D eigenvalue weighted by Crippen LogP contribution is -2.45. The third-order valence-electron chi connectivity index (χ3n) is 2.83. The molecule has 20 heavy (non-hydrogen) atoms. The molecule has 3 N–H and O–H groups in total. The van der Waals surface area contributed by atoms with Crippen molar-refractivity contribution < 1.29 is 14.7 Å². The van der Waals surface area contributed by atoms with E-state index in [0.29, 0.717) is 17.9 Å². The molecule has 0 heterocycles. The van der Waals surface area contributed by atoms with Crippen LogP contribution in [0.1, 0.15) is 30.9 Å². The average Bonchev–Trinajstić information content (AvgIpc) is 2.37. The van der Waals surface area contributed by atoms with Crippen LogP contribution in [0.4, 0.5) is 4.79 Å². The Labute approximate surface area is 123 Å². The van der Waals surface area contributed by atoms with E-state index < -0.39 is 18.0 Å². The van der Waals surface area contributed by atoms with Crippen molar-refractivity contribution >= 4 is 23.6 Å². The number of carbonyl (C=O) groups excluding carboxylic acids is 1. The molecule has 0 fully saturated rings. The van der Waals surface area contributed by atoms with Crippen LogP contribution in [-0.4, -0.2) is 23.1 Å². The lowest BCUT2D eigenvalue weighted by molar-refractivity contribution is -0.139. The van der Waals surface area contributed by atoms with Gasteiger partial charge < -0.3 is 15.7 Å². The number of carboxylic acid groups (broad SMARTS) is 1. The highest BCUT2D eigenvalue weighted by molar-refractivity contribution is 6.31. The maximum Gasteiger partial charge on any atom is 0.326 e. The second-order valence-corrected chi connectivity index (χ2v) is 5.01. The van der Waals surface area contributed by atoms with E-state index in [9.17, 15) is 9.59 Å². The van der Waals surface area contributed by atoms with E-state index in [2.05, 4.69) is 10.6 Å². The van der Waals surface area contributed by atoms with Crippen molar-refractivity contribution in [1.82, 2.24) is 10.6 Å². The summed E-state index contributed by atoms with van der Waals surface area (Å²) in [6.45, 7) is 4.04. The zero-order valence-electron chi connectivity index (χ0n) is 11.6. The number of benzene rings is 1. The Bertz CT molecular complexity index is 491. The van der Waals surface area contributed by atoms with E-state index in [1.54, 1.807) is 0 Å². The highest BCUT2D eigenvalue weighted by atomic mass is 35.5. The van der Waals surface area contributed by atoms with Gasteiger partial charge >= 0.3 is 12.0 Å². The van der Waals surface area contributed by atoms with Crippen LogP contribution in [0, 0.1) is 6.92 Å². The Balaban J connectivity index is 2.52. The van der Waals surface area contributed by atoms with Crippen LogP contribution in [0.5, 0.6) is 0 Å². The van der Waals surface area contributed by atoms with Crippen LogP contribution < -0.4 is 10.6 Å². The van der Waals surface area contributed by atoms with Crippen LogP contribution in [0.2, 0.25) is 5.02 Å². The second-order valence-electron chi connectivity index (χ2n) is 4.60. The van der Waals surface area contributed by atoms with Crippen molar-refractivity contribution in [2.75, 3.05) is 0 Å². The first-order valence-corrected chi connectivity index (χ1v) is 6.84. The number of halogens is 1. The molecule has 1 aromatic rings. The zero-order chi connectivity index (χ0) is 15.1. The number of hydrogen-bond donors (Lipinski definition) is 3. The largest absolute Gasteiger partial charge is 0.480 e. The van der Waals surface area contributed by atoms with Crippen LogP contribution >= 0.6 is 11.6 Å². The highest BCUT2D eigenvalue weighted by Crippen LogP contribution is 2.17. The molecule has 0 saturated heterocycles. The lowest BCUT2D eigenvalue weighted by atomic mass is 10.1. The standard InChI is InChI=1S/C14H19ClN2O3/c1-3-4-12(13(18)19)17-14(20)16-8-10-6-5-9(2)7-11(10)15/h5-7,12H,3-4,8H2,1-2H3,(H,18,19)(H2,16,17,20). The van der Waals surface area contributed by atoms with Gasteiger partial charge in [0.05, 0.1) is 0 Å². The van der Waals surface area contributed by atoms with Gasteiger partial charge in [0.1, 0.15) is 6.04 Å². The minimum atomic E-state index is -1.03. The van der Waals surface area contributed by atoms with Crippen molar-refractivity contribution in [2.45, 2.75) is 39.3 Å². The molecule has 6 heteroatoms. The number of urea groups is 1. The smallest absolute Gasteiger partial charge is 0.326 e. The summed E-state index contributed by atoms with van der Waals surface area (Å²) >= 11 is 6.05. The summed E-state index contributed by atoms with van der Waals surface area (Å²) in [6, 6.07) is 4.17. The van der Waals surface area contributed by atoms with Gasteiger partial charge in [0.15, 0.2) is 0 Å². The van der Waals surface area contributed by atoms with Crippen LogP contribution in [-0.2, 0) is 11.3 Å². The van der Waals surface area contributed by atoms with Gasteiger partial charge in [-0.2, -0.15) is 0 Å².